The van der Waals surface area contributed by atoms with Crippen LogP contribution in [0.15, 0.2) is 77.7 Å². The monoisotopic (exact) mass is 424 g/mol. The summed E-state index contributed by atoms with van der Waals surface area (Å²) in [5.74, 6) is -0.0938. The number of carbonyl (C=O) groups excluding carboxylic acids is 1. The lowest BCUT2D eigenvalue weighted by molar-refractivity contribution is -0.114. The maximum atomic E-state index is 13.4. The number of benzene rings is 3. The van der Waals surface area contributed by atoms with E-state index in [2.05, 4.69) is 5.32 Å². The number of anilines is 2. The van der Waals surface area contributed by atoms with Crippen molar-refractivity contribution < 1.29 is 17.9 Å². The van der Waals surface area contributed by atoms with Gasteiger partial charge in [0, 0.05) is 5.69 Å². The number of sulfonamides is 1. The van der Waals surface area contributed by atoms with Gasteiger partial charge >= 0.3 is 0 Å². The zero-order chi connectivity index (χ0) is 21.7. The van der Waals surface area contributed by atoms with Crippen molar-refractivity contribution in [2.75, 3.05) is 23.3 Å². The van der Waals surface area contributed by atoms with Crippen molar-refractivity contribution in [3.8, 4) is 5.75 Å². The minimum absolute atomic E-state index is 0.0928. The van der Waals surface area contributed by atoms with Crippen LogP contribution in [0.1, 0.15) is 11.1 Å². The average molecular weight is 425 g/mol. The molecule has 0 aliphatic carbocycles. The van der Waals surface area contributed by atoms with Crippen molar-refractivity contribution in [1.29, 1.82) is 0 Å². The molecule has 3 aromatic carbocycles. The minimum atomic E-state index is -4.00. The summed E-state index contributed by atoms with van der Waals surface area (Å²) < 4.78 is 33.2. The molecule has 0 fully saturated rings. The molecule has 3 rings (SSSR count). The van der Waals surface area contributed by atoms with Crippen LogP contribution in [-0.4, -0.2) is 28.0 Å². The van der Waals surface area contributed by atoms with Crippen LogP contribution in [0.3, 0.4) is 0 Å². The molecule has 0 aliphatic heterocycles. The zero-order valence-electron chi connectivity index (χ0n) is 17.1. The predicted molar refractivity (Wildman–Crippen MR) is 119 cm³/mol. The van der Waals surface area contributed by atoms with E-state index in [1.54, 1.807) is 42.5 Å². The molecular formula is C23H24N2O4S. The number of amides is 1. The Morgan fingerprint density at radius 3 is 2.30 bits per heavy atom. The Morgan fingerprint density at radius 2 is 1.63 bits per heavy atom. The van der Waals surface area contributed by atoms with E-state index in [-0.39, 0.29) is 4.90 Å². The fourth-order valence-electron chi connectivity index (χ4n) is 3.13. The van der Waals surface area contributed by atoms with E-state index in [1.807, 2.05) is 32.0 Å². The molecule has 7 heteroatoms. The van der Waals surface area contributed by atoms with Crippen LogP contribution >= 0.6 is 0 Å². The van der Waals surface area contributed by atoms with E-state index in [0.717, 1.165) is 15.4 Å². The summed E-state index contributed by atoms with van der Waals surface area (Å²) in [6.07, 6.45) is 0. The Bertz CT molecular complexity index is 1140. The van der Waals surface area contributed by atoms with E-state index < -0.39 is 22.5 Å². The number of hydrogen-bond donors (Lipinski definition) is 1. The fraction of sp³-hybridized carbons (Fsp3) is 0.174. The van der Waals surface area contributed by atoms with Crippen LogP contribution in [0, 0.1) is 13.8 Å². The van der Waals surface area contributed by atoms with E-state index in [1.165, 1.54) is 19.2 Å². The lowest BCUT2D eigenvalue weighted by atomic mass is 10.1. The Morgan fingerprint density at radius 1 is 0.967 bits per heavy atom. The van der Waals surface area contributed by atoms with Crippen LogP contribution in [-0.2, 0) is 14.8 Å². The average Bonchev–Trinajstić information content (AvgIpc) is 2.74. The van der Waals surface area contributed by atoms with Crippen LogP contribution in [0.4, 0.5) is 11.4 Å². The van der Waals surface area contributed by atoms with Crippen LogP contribution in [0.2, 0.25) is 0 Å². The number of para-hydroxylation sites is 2. The molecule has 0 aliphatic rings. The zero-order valence-corrected chi connectivity index (χ0v) is 17.9. The molecular weight excluding hydrogens is 400 g/mol. The molecule has 0 unspecified atom stereocenters. The van der Waals surface area contributed by atoms with Gasteiger partial charge in [0.15, 0.2) is 0 Å². The Balaban J connectivity index is 1.98. The number of hydrogen-bond acceptors (Lipinski definition) is 4. The summed E-state index contributed by atoms with van der Waals surface area (Å²) >= 11 is 0. The molecule has 30 heavy (non-hydrogen) atoms. The Kier molecular flexibility index (Phi) is 6.42. The molecule has 0 atom stereocenters. The number of nitrogens with one attached hydrogen (secondary N) is 1. The maximum Gasteiger partial charge on any atom is 0.264 e. The third-order valence-corrected chi connectivity index (χ3v) is 6.40. The molecule has 3 aromatic rings. The summed E-state index contributed by atoms with van der Waals surface area (Å²) in [7, 11) is -2.54. The molecule has 1 amide bonds. The van der Waals surface area contributed by atoms with E-state index in [9.17, 15) is 13.2 Å². The summed E-state index contributed by atoms with van der Waals surface area (Å²) in [5, 5.41) is 2.81. The lowest BCUT2D eigenvalue weighted by Gasteiger charge is -2.25. The van der Waals surface area contributed by atoms with Gasteiger partial charge in [-0.05, 0) is 49.7 Å². The van der Waals surface area contributed by atoms with Gasteiger partial charge in [0.1, 0.15) is 12.3 Å². The number of ether oxygens (including phenoxy) is 1. The highest BCUT2D eigenvalue weighted by molar-refractivity contribution is 7.92. The first-order valence-electron chi connectivity index (χ1n) is 9.41. The molecule has 0 aromatic heterocycles. The second-order valence-corrected chi connectivity index (χ2v) is 8.73. The van der Waals surface area contributed by atoms with Crippen LogP contribution < -0.4 is 14.4 Å². The van der Waals surface area contributed by atoms with E-state index in [0.29, 0.717) is 17.1 Å². The van der Waals surface area contributed by atoms with Gasteiger partial charge in [-0.3, -0.25) is 9.10 Å². The molecule has 0 saturated heterocycles. The highest BCUT2D eigenvalue weighted by Crippen LogP contribution is 2.32. The SMILES string of the molecule is COc1ccccc1N(CC(=O)Nc1ccc(C)cc1C)S(=O)(=O)c1ccccc1. The van der Waals surface area contributed by atoms with Gasteiger partial charge in [0.05, 0.1) is 17.7 Å². The quantitative estimate of drug-likeness (QED) is 0.618. The fourth-order valence-corrected chi connectivity index (χ4v) is 4.58. The molecule has 0 bridgehead atoms. The first kappa shape index (κ1) is 21.4. The molecule has 0 radical (unpaired) electrons. The summed E-state index contributed by atoms with van der Waals surface area (Å²) in [6, 6.07) is 20.4. The second kappa shape index (κ2) is 9.00. The topological polar surface area (TPSA) is 75.7 Å². The number of rotatable bonds is 7. The van der Waals surface area contributed by atoms with Gasteiger partial charge in [-0.15, -0.1) is 0 Å². The van der Waals surface area contributed by atoms with Gasteiger partial charge in [-0.25, -0.2) is 8.42 Å². The number of nitrogens with zero attached hydrogens (tertiary/aromatic N) is 1. The van der Waals surface area contributed by atoms with Crippen molar-refractivity contribution in [3.63, 3.8) is 0 Å². The van der Waals surface area contributed by atoms with Gasteiger partial charge < -0.3 is 10.1 Å². The van der Waals surface area contributed by atoms with Gasteiger partial charge in [-0.2, -0.15) is 0 Å². The maximum absolute atomic E-state index is 13.4. The van der Waals surface area contributed by atoms with E-state index in [4.69, 9.17) is 4.74 Å². The standard InChI is InChI=1S/C23H24N2O4S/c1-17-13-14-20(18(2)15-17)24-23(26)16-25(21-11-7-8-12-22(21)29-3)30(27,28)19-9-5-4-6-10-19/h4-15H,16H2,1-3H3,(H,24,26). The lowest BCUT2D eigenvalue weighted by Crippen LogP contribution is -2.38. The molecule has 6 nitrogen and oxygen atoms in total. The summed E-state index contributed by atoms with van der Waals surface area (Å²) in [6.45, 7) is 3.46. The summed E-state index contributed by atoms with van der Waals surface area (Å²) in [5.41, 5.74) is 2.91. The third kappa shape index (κ3) is 4.63. The molecule has 0 heterocycles. The number of carbonyl (C=O) groups is 1. The van der Waals surface area contributed by atoms with Crippen molar-refractivity contribution >= 4 is 27.3 Å². The van der Waals surface area contributed by atoms with Crippen molar-refractivity contribution in [2.24, 2.45) is 0 Å². The first-order chi connectivity index (χ1) is 14.3. The largest absolute Gasteiger partial charge is 0.495 e. The van der Waals surface area contributed by atoms with Gasteiger partial charge in [-0.1, -0.05) is 48.0 Å². The molecule has 0 saturated carbocycles. The highest BCUT2D eigenvalue weighted by Gasteiger charge is 2.29. The third-order valence-electron chi connectivity index (χ3n) is 4.63. The van der Waals surface area contributed by atoms with Gasteiger partial charge in [0.2, 0.25) is 5.91 Å². The summed E-state index contributed by atoms with van der Waals surface area (Å²) in [4.78, 5) is 12.9. The Labute approximate surface area is 177 Å². The second-order valence-electron chi connectivity index (χ2n) is 6.86. The normalized spacial score (nSPS) is 11.0. The number of aryl methyl sites for hydroxylation is 2. The predicted octanol–water partition coefficient (Wildman–Crippen LogP) is 4.15. The van der Waals surface area contributed by atoms with Crippen molar-refractivity contribution in [2.45, 2.75) is 18.7 Å². The minimum Gasteiger partial charge on any atom is -0.495 e. The molecule has 1 N–H and O–H groups in total. The van der Waals surface area contributed by atoms with Crippen LogP contribution in [0.5, 0.6) is 5.75 Å². The van der Waals surface area contributed by atoms with Crippen LogP contribution in [0.25, 0.3) is 0 Å². The molecule has 156 valence electrons. The smallest absolute Gasteiger partial charge is 0.264 e. The van der Waals surface area contributed by atoms with Crippen molar-refractivity contribution in [1.82, 2.24) is 0 Å². The van der Waals surface area contributed by atoms with Gasteiger partial charge in [0.25, 0.3) is 10.0 Å². The highest BCUT2D eigenvalue weighted by atomic mass is 32.2. The first-order valence-corrected chi connectivity index (χ1v) is 10.8. The number of methoxy groups -OCH3 is 1. The van der Waals surface area contributed by atoms with Crippen molar-refractivity contribution in [3.05, 3.63) is 83.9 Å². The molecule has 0 spiro atoms. The Hall–Kier alpha value is -3.32. The van der Waals surface area contributed by atoms with E-state index >= 15 is 0 Å².